The number of ether oxygens (including phenoxy) is 1. The zero-order valence-corrected chi connectivity index (χ0v) is 10.6. The maximum absolute atomic E-state index is 5.26. The molecule has 3 nitrogen and oxygen atoms in total. The quantitative estimate of drug-likeness (QED) is 0.747. The molecule has 0 aromatic heterocycles. The van der Waals surface area contributed by atoms with Gasteiger partial charge >= 0.3 is 0 Å². The highest BCUT2D eigenvalue weighted by Crippen LogP contribution is 2.19. The van der Waals surface area contributed by atoms with Crippen LogP contribution in [0.2, 0.25) is 0 Å². The van der Waals surface area contributed by atoms with E-state index in [9.17, 15) is 0 Å². The first-order valence-corrected chi connectivity index (χ1v) is 6.16. The lowest BCUT2D eigenvalue weighted by atomic mass is 9.92. The summed E-state index contributed by atoms with van der Waals surface area (Å²) >= 11 is 0. The summed E-state index contributed by atoms with van der Waals surface area (Å²) < 4.78 is 5.26. The maximum atomic E-state index is 5.26. The van der Waals surface area contributed by atoms with Gasteiger partial charge < -0.3 is 10.1 Å². The van der Waals surface area contributed by atoms with Gasteiger partial charge in [-0.2, -0.15) is 0 Å². The second-order valence-electron chi connectivity index (χ2n) is 4.67. The van der Waals surface area contributed by atoms with Crippen molar-refractivity contribution in [2.45, 2.75) is 39.3 Å². The van der Waals surface area contributed by atoms with E-state index < -0.39 is 0 Å². The molecule has 0 amide bonds. The highest BCUT2D eigenvalue weighted by atomic mass is 16.5. The minimum atomic E-state index is 0.533. The summed E-state index contributed by atoms with van der Waals surface area (Å²) in [4.78, 5) is 2.59. The van der Waals surface area contributed by atoms with E-state index in [4.69, 9.17) is 4.74 Å². The zero-order chi connectivity index (χ0) is 11.3. The van der Waals surface area contributed by atoms with Gasteiger partial charge in [0.1, 0.15) is 0 Å². The number of likely N-dealkylation sites (N-methyl/N-ethyl adjacent to an activating group) is 1. The molecule has 1 aliphatic rings. The van der Waals surface area contributed by atoms with Crippen molar-refractivity contribution in [2.24, 2.45) is 5.92 Å². The van der Waals surface area contributed by atoms with Gasteiger partial charge in [-0.3, -0.25) is 4.90 Å². The van der Waals surface area contributed by atoms with Crippen molar-refractivity contribution in [1.82, 2.24) is 10.2 Å². The molecule has 0 saturated carbocycles. The third kappa shape index (κ3) is 3.44. The molecule has 90 valence electrons. The molecule has 1 rings (SSSR count). The molecule has 3 heteroatoms. The third-order valence-corrected chi connectivity index (χ3v) is 3.51. The summed E-state index contributed by atoms with van der Waals surface area (Å²) in [6.07, 6.45) is 1.27. The lowest BCUT2D eigenvalue weighted by Gasteiger charge is -2.41. The van der Waals surface area contributed by atoms with Crippen LogP contribution >= 0.6 is 0 Å². The lowest BCUT2D eigenvalue weighted by molar-refractivity contribution is 0.0424. The molecule has 1 fully saturated rings. The number of methoxy groups -OCH3 is 1. The van der Waals surface area contributed by atoms with Gasteiger partial charge in [0.05, 0.1) is 6.61 Å². The monoisotopic (exact) mass is 214 g/mol. The van der Waals surface area contributed by atoms with E-state index in [0.29, 0.717) is 6.04 Å². The van der Waals surface area contributed by atoms with Gasteiger partial charge in [0.25, 0.3) is 0 Å². The smallest absolute Gasteiger partial charge is 0.0615 e. The molecule has 3 unspecified atom stereocenters. The van der Waals surface area contributed by atoms with Crippen LogP contribution in [0.15, 0.2) is 0 Å². The van der Waals surface area contributed by atoms with Crippen LogP contribution in [0, 0.1) is 5.92 Å². The van der Waals surface area contributed by atoms with E-state index in [2.05, 4.69) is 31.0 Å². The molecular weight excluding hydrogens is 188 g/mol. The van der Waals surface area contributed by atoms with Crippen molar-refractivity contribution < 1.29 is 4.74 Å². The second kappa shape index (κ2) is 6.46. The summed E-state index contributed by atoms with van der Waals surface area (Å²) in [5.74, 6) is 0.748. The Morgan fingerprint density at radius 2 is 2.27 bits per heavy atom. The Bertz CT molecular complexity index is 175. The molecule has 0 bridgehead atoms. The second-order valence-corrected chi connectivity index (χ2v) is 4.67. The predicted octanol–water partition coefficient (Wildman–Crippen LogP) is 1.34. The molecule has 0 aromatic rings. The molecule has 15 heavy (non-hydrogen) atoms. The van der Waals surface area contributed by atoms with Crippen LogP contribution in [0.25, 0.3) is 0 Å². The summed E-state index contributed by atoms with van der Waals surface area (Å²) in [5.41, 5.74) is 0. The van der Waals surface area contributed by atoms with E-state index >= 15 is 0 Å². The molecule has 0 spiro atoms. The van der Waals surface area contributed by atoms with E-state index in [-0.39, 0.29) is 0 Å². The lowest BCUT2D eigenvalue weighted by Crippen LogP contribution is -2.52. The normalized spacial score (nSPS) is 29.4. The molecule has 1 saturated heterocycles. The van der Waals surface area contributed by atoms with E-state index in [1.54, 1.807) is 7.11 Å². The van der Waals surface area contributed by atoms with Crippen LogP contribution in [0.3, 0.4) is 0 Å². The van der Waals surface area contributed by atoms with E-state index in [0.717, 1.165) is 38.2 Å². The number of piperidine rings is 1. The van der Waals surface area contributed by atoms with Crippen molar-refractivity contribution in [3.05, 3.63) is 0 Å². The van der Waals surface area contributed by atoms with Gasteiger partial charge in [0.15, 0.2) is 0 Å². The zero-order valence-electron chi connectivity index (χ0n) is 10.6. The number of nitrogens with one attached hydrogen (secondary N) is 1. The minimum Gasteiger partial charge on any atom is -0.383 e. The Labute approximate surface area is 94.2 Å². The minimum absolute atomic E-state index is 0.533. The fraction of sp³-hybridized carbons (Fsp3) is 1.00. The van der Waals surface area contributed by atoms with Crippen LogP contribution in [-0.4, -0.2) is 50.3 Å². The number of hydrogen-bond acceptors (Lipinski definition) is 3. The Morgan fingerprint density at radius 3 is 2.80 bits per heavy atom. The third-order valence-electron chi connectivity index (χ3n) is 3.51. The summed E-state index contributed by atoms with van der Waals surface area (Å²) in [6.45, 7) is 11.1. The Hall–Kier alpha value is -0.120. The summed E-state index contributed by atoms with van der Waals surface area (Å²) in [5, 5.41) is 3.46. The SMILES string of the molecule is CCN(C(C)COC)C1CCNCC1C. The molecule has 0 aliphatic carbocycles. The van der Waals surface area contributed by atoms with E-state index in [1.165, 1.54) is 6.42 Å². The molecular formula is C12H26N2O. The standard InChI is InChI=1S/C12H26N2O/c1-5-14(11(3)9-15-4)12-6-7-13-8-10(12)2/h10-13H,5-9H2,1-4H3. The highest BCUT2D eigenvalue weighted by Gasteiger charge is 2.28. The number of rotatable bonds is 5. The van der Waals surface area contributed by atoms with Gasteiger partial charge in [-0.25, -0.2) is 0 Å². The van der Waals surface area contributed by atoms with Crippen molar-refractivity contribution in [3.63, 3.8) is 0 Å². The molecule has 1 aliphatic heterocycles. The summed E-state index contributed by atoms with van der Waals surface area (Å²) in [7, 11) is 1.79. The van der Waals surface area contributed by atoms with Gasteiger partial charge in [0.2, 0.25) is 0 Å². The number of hydrogen-bond donors (Lipinski definition) is 1. The number of nitrogens with zero attached hydrogens (tertiary/aromatic N) is 1. The molecule has 0 radical (unpaired) electrons. The van der Waals surface area contributed by atoms with Crippen molar-refractivity contribution in [3.8, 4) is 0 Å². The first-order chi connectivity index (χ1) is 7.20. The average molecular weight is 214 g/mol. The Morgan fingerprint density at radius 1 is 1.53 bits per heavy atom. The fourth-order valence-electron chi connectivity index (χ4n) is 2.70. The van der Waals surface area contributed by atoms with Gasteiger partial charge in [-0.1, -0.05) is 13.8 Å². The first kappa shape index (κ1) is 12.9. The van der Waals surface area contributed by atoms with Crippen molar-refractivity contribution in [1.29, 1.82) is 0 Å². The molecule has 1 heterocycles. The first-order valence-electron chi connectivity index (χ1n) is 6.16. The molecule has 0 aromatic carbocycles. The topological polar surface area (TPSA) is 24.5 Å². The van der Waals surface area contributed by atoms with Crippen LogP contribution in [0.4, 0.5) is 0 Å². The fourth-order valence-corrected chi connectivity index (χ4v) is 2.70. The van der Waals surface area contributed by atoms with Gasteiger partial charge in [-0.15, -0.1) is 0 Å². The average Bonchev–Trinajstić information content (AvgIpc) is 2.22. The largest absolute Gasteiger partial charge is 0.383 e. The van der Waals surface area contributed by atoms with Crippen LogP contribution in [0.1, 0.15) is 27.2 Å². The summed E-state index contributed by atoms with van der Waals surface area (Å²) in [6, 6.07) is 1.26. The van der Waals surface area contributed by atoms with Crippen molar-refractivity contribution in [2.75, 3.05) is 33.4 Å². The Balaban J connectivity index is 2.54. The molecule has 1 N–H and O–H groups in total. The van der Waals surface area contributed by atoms with Crippen LogP contribution in [-0.2, 0) is 4.74 Å². The van der Waals surface area contributed by atoms with Crippen LogP contribution in [0.5, 0.6) is 0 Å². The highest BCUT2D eigenvalue weighted by molar-refractivity contribution is 4.85. The van der Waals surface area contributed by atoms with Crippen molar-refractivity contribution >= 4 is 0 Å². The Kier molecular flexibility index (Phi) is 5.58. The predicted molar refractivity (Wildman–Crippen MR) is 64.2 cm³/mol. The molecule has 3 atom stereocenters. The van der Waals surface area contributed by atoms with Crippen LogP contribution < -0.4 is 5.32 Å². The van der Waals surface area contributed by atoms with Gasteiger partial charge in [0, 0.05) is 19.2 Å². The van der Waals surface area contributed by atoms with Gasteiger partial charge in [-0.05, 0) is 38.9 Å². The van der Waals surface area contributed by atoms with E-state index in [1.807, 2.05) is 0 Å². The maximum Gasteiger partial charge on any atom is 0.0615 e.